The zero-order valence-corrected chi connectivity index (χ0v) is 14.9. The molecule has 0 saturated heterocycles. The minimum absolute atomic E-state index is 0.175. The number of benzene rings is 1. The Morgan fingerprint density at radius 2 is 1.93 bits per heavy atom. The maximum Gasteiger partial charge on any atom is 0.422 e. The van der Waals surface area contributed by atoms with Gasteiger partial charge in [-0.2, -0.15) is 13.2 Å². The van der Waals surface area contributed by atoms with E-state index in [2.05, 4.69) is 20.0 Å². The highest BCUT2D eigenvalue weighted by Crippen LogP contribution is 2.28. The van der Waals surface area contributed by atoms with E-state index in [0.29, 0.717) is 16.3 Å². The standard InChI is InChI=1S/C18H14F3N3O2S/c1-11-15(27-17(23-11)12-5-3-2-4-6-12)16(25)24-13-7-8-14(22-9-13)26-10-18(19,20)21/h2-9H,10H2,1H3,(H,24,25). The molecule has 0 unspecified atom stereocenters. The average molecular weight is 393 g/mol. The van der Waals surface area contributed by atoms with Crippen LogP contribution >= 0.6 is 11.3 Å². The van der Waals surface area contributed by atoms with E-state index in [-0.39, 0.29) is 11.8 Å². The first-order chi connectivity index (χ1) is 12.8. The minimum atomic E-state index is -4.44. The Kier molecular flexibility index (Phi) is 5.41. The number of nitrogens with zero attached hydrogens (tertiary/aromatic N) is 2. The SMILES string of the molecule is Cc1nc(-c2ccccc2)sc1C(=O)Nc1ccc(OCC(F)(F)F)nc1. The van der Waals surface area contributed by atoms with E-state index in [0.717, 1.165) is 10.6 Å². The molecule has 9 heteroatoms. The van der Waals surface area contributed by atoms with Crippen LogP contribution in [0.5, 0.6) is 5.88 Å². The number of hydrogen-bond acceptors (Lipinski definition) is 5. The van der Waals surface area contributed by atoms with Gasteiger partial charge in [-0.1, -0.05) is 30.3 Å². The predicted molar refractivity (Wildman–Crippen MR) is 96.0 cm³/mol. The van der Waals surface area contributed by atoms with Crippen molar-refractivity contribution in [3.8, 4) is 16.5 Å². The molecule has 3 rings (SSSR count). The molecule has 0 radical (unpaired) electrons. The molecule has 0 atom stereocenters. The van der Waals surface area contributed by atoms with Crippen molar-refractivity contribution in [1.82, 2.24) is 9.97 Å². The van der Waals surface area contributed by atoms with Crippen LogP contribution in [0.3, 0.4) is 0 Å². The minimum Gasteiger partial charge on any atom is -0.468 e. The maximum absolute atomic E-state index is 12.5. The first-order valence-electron chi connectivity index (χ1n) is 7.81. The topological polar surface area (TPSA) is 64.1 Å². The molecule has 0 aliphatic rings. The van der Waals surface area contributed by atoms with Gasteiger partial charge in [0.05, 0.1) is 17.6 Å². The molecule has 0 saturated carbocycles. The molecule has 1 aromatic carbocycles. The van der Waals surface area contributed by atoms with Crippen LogP contribution < -0.4 is 10.1 Å². The first kappa shape index (κ1) is 18.8. The van der Waals surface area contributed by atoms with Gasteiger partial charge in [-0.25, -0.2) is 9.97 Å². The van der Waals surface area contributed by atoms with Crippen molar-refractivity contribution in [3.63, 3.8) is 0 Å². The fourth-order valence-electron chi connectivity index (χ4n) is 2.19. The van der Waals surface area contributed by atoms with E-state index in [1.165, 1.54) is 29.7 Å². The van der Waals surface area contributed by atoms with Crippen molar-refractivity contribution in [2.24, 2.45) is 0 Å². The highest BCUT2D eigenvalue weighted by molar-refractivity contribution is 7.17. The summed E-state index contributed by atoms with van der Waals surface area (Å²) in [6.45, 7) is 0.318. The van der Waals surface area contributed by atoms with Crippen LogP contribution in [0.25, 0.3) is 10.6 Å². The molecule has 0 aliphatic carbocycles. The monoisotopic (exact) mass is 393 g/mol. The molecule has 27 heavy (non-hydrogen) atoms. The number of hydrogen-bond donors (Lipinski definition) is 1. The van der Waals surface area contributed by atoms with Crippen molar-refractivity contribution in [2.75, 3.05) is 11.9 Å². The van der Waals surface area contributed by atoms with Gasteiger partial charge in [0.2, 0.25) is 5.88 Å². The molecule has 3 aromatic rings. The Balaban J connectivity index is 1.68. The summed E-state index contributed by atoms with van der Waals surface area (Å²) in [5, 5.41) is 3.38. The number of rotatable bonds is 5. The van der Waals surface area contributed by atoms with Crippen LogP contribution in [0.4, 0.5) is 18.9 Å². The van der Waals surface area contributed by atoms with Gasteiger partial charge in [-0.3, -0.25) is 4.79 Å². The fourth-order valence-corrected chi connectivity index (χ4v) is 3.16. The number of ether oxygens (including phenoxy) is 1. The molecular weight excluding hydrogens is 379 g/mol. The highest BCUT2D eigenvalue weighted by atomic mass is 32.1. The zero-order valence-electron chi connectivity index (χ0n) is 14.1. The number of aromatic nitrogens is 2. The predicted octanol–water partition coefficient (Wildman–Crippen LogP) is 4.71. The molecule has 5 nitrogen and oxygen atoms in total. The molecule has 0 fully saturated rings. The number of nitrogens with one attached hydrogen (secondary N) is 1. The molecule has 140 valence electrons. The molecular formula is C18H14F3N3O2S. The Bertz CT molecular complexity index is 925. The van der Waals surface area contributed by atoms with Crippen molar-refractivity contribution < 1.29 is 22.7 Å². The van der Waals surface area contributed by atoms with Gasteiger partial charge in [0.1, 0.15) is 9.88 Å². The van der Waals surface area contributed by atoms with Crippen LogP contribution in [0, 0.1) is 6.92 Å². The second-order valence-corrected chi connectivity index (χ2v) is 6.54. The van der Waals surface area contributed by atoms with E-state index in [4.69, 9.17) is 0 Å². The fraction of sp³-hybridized carbons (Fsp3) is 0.167. The maximum atomic E-state index is 12.5. The van der Waals surface area contributed by atoms with Crippen molar-refractivity contribution in [2.45, 2.75) is 13.1 Å². The molecule has 1 amide bonds. The summed E-state index contributed by atoms with van der Waals surface area (Å²) in [6.07, 6.45) is -3.20. The third-order valence-electron chi connectivity index (χ3n) is 3.40. The highest BCUT2D eigenvalue weighted by Gasteiger charge is 2.28. The van der Waals surface area contributed by atoms with Crippen LogP contribution in [0.15, 0.2) is 48.7 Å². The Morgan fingerprint density at radius 3 is 2.56 bits per heavy atom. The number of thiazole rings is 1. The second kappa shape index (κ2) is 7.75. The molecule has 0 aliphatic heterocycles. The number of pyridine rings is 1. The van der Waals surface area contributed by atoms with Crippen molar-refractivity contribution in [3.05, 3.63) is 59.2 Å². The second-order valence-electron chi connectivity index (χ2n) is 5.54. The summed E-state index contributed by atoms with van der Waals surface area (Å²) >= 11 is 1.26. The van der Waals surface area contributed by atoms with Crippen LogP contribution in [-0.4, -0.2) is 28.7 Å². The van der Waals surface area contributed by atoms with Gasteiger partial charge in [0.25, 0.3) is 5.91 Å². The Hall–Kier alpha value is -2.94. The van der Waals surface area contributed by atoms with E-state index < -0.39 is 12.8 Å². The summed E-state index contributed by atoms with van der Waals surface area (Å²) in [5.41, 5.74) is 1.85. The van der Waals surface area contributed by atoms with Crippen LogP contribution in [0.1, 0.15) is 15.4 Å². The van der Waals surface area contributed by atoms with Crippen LogP contribution in [-0.2, 0) is 0 Å². The lowest BCUT2D eigenvalue weighted by molar-refractivity contribution is -0.154. The lowest BCUT2D eigenvalue weighted by Crippen LogP contribution is -2.19. The summed E-state index contributed by atoms with van der Waals surface area (Å²) in [4.78, 5) is 21.1. The number of carbonyl (C=O) groups is 1. The molecule has 0 bridgehead atoms. The molecule has 2 heterocycles. The van der Waals surface area contributed by atoms with Crippen molar-refractivity contribution in [1.29, 1.82) is 0 Å². The number of anilines is 1. The van der Waals surface area contributed by atoms with Gasteiger partial charge >= 0.3 is 6.18 Å². The number of aryl methyl sites for hydroxylation is 1. The smallest absolute Gasteiger partial charge is 0.422 e. The summed E-state index contributed by atoms with van der Waals surface area (Å²) in [5.74, 6) is -0.538. The normalized spacial score (nSPS) is 11.3. The van der Waals surface area contributed by atoms with Gasteiger partial charge < -0.3 is 10.1 Å². The van der Waals surface area contributed by atoms with Gasteiger partial charge in [0, 0.05) is 11.6 Å². The van der Waals surface area contributed by atoms with Crippen molar-refractivity contribution >= 4 is 22.9 Å². The lowest BCUT2D eigenvalue weighted by Gasteiger charge is -2.09. The quantitative estimate of drug-likeness (QED) is 0.682. The summed E-state index contributed by atoms with van der Waals surface area (Å²) < 4.78 is 40.9. The molecule has 2 aromatic heterocycles. The van der Waals surface area contributed by atoms with E-state index >= 15 is 0 Å². The molecule has 0 spiro atoms. The van der Waals surface area contributed by atoms with E-state index in [1.807, 2.05) is 30.3 Å². The van der Waals surface area contributed by atoms with Gasteiger partial charge in [-0.05, 0) is 13.0 Å². The Labute approximate surface area is 156 Å². The van der Waals surface area contributed by atoms with E-state index in [1.54, 1.807) is 6.92 Å². The zero-order chi connectivity index (χ0) is 19.4. The number of halogens is 3. The summed E-state index contributed by atoms with van der Waals surface area (Å²) in [6, 6.07) is 12.2. The lowest BCUT2D eigenvalue weighted by atomic mass is 10.2. The van der Waals surface area contributed by atoms with Crippen LogP contribution in [0.2, 0.25) is 0 Å². The third-order valence-corrected chi connectivity index (χ3v) is 4.61. The third kappa shape index (κ3) is 5.04. The van der Waals surface area contributed by atoms with Gasteiger partial charge in [-0.15, -0.1) is 11.3 Å². The molecule has 1 N–H and O–H groups in total. The number of amides is 1. The number of carbonyl (C=O) groups excluding carboxylic acids is 1. The summed E-state index contributed by atoms with van der Waals surface area (Å²) in [7, 11) is 0. The Morgan fingerprint density at radius 1 is 1.19 bits per heavy atom. The van der Waals surface area contributed by atoms with E-state index in [9.17, 15) is 18.0 Å². The largest absolute Gasteiger partial charge is 0.468 e. The average Bonchev–Trinajstić information content (AvgIpc) is 3.03. The van der Waals surface area contributed by atoms with Gasteiger partial charge in [0.15, 0.2) is 6.61 Å². The first-order valence-corrected chi connectivity index (χ1v) is 8.63. The number of alkyl halides is 3.